The summed E-state index contributed by atoms with van der Waals surface area (Å²) in [7, 11) is 0. The molecule has 0 saturated heterocycles. The fourth-order valence-electron chi connectivity index (χ4n) is 2.70. The Balaban J connectivity index is 1.71. The number of aromatic nitrogens is 4. The first-order valence-electron chi connectivity index (χ1n) is 7.15. The lowest BCUT2D eigenvalue weighted by molar-refractivity contribution is -0.0459. The molecule has 0 atom stereocenters. The summed E-state index contributed by atoms with van der Waals surface area (Å²) < 4.78 is 37.3. The van der Waals surface area contributed by atoms with Crippen molar-refractivity contribution >= 4 is 0 Å². The predicted molar refractivity (Wildman–Crippen MR) is 69.5 cm³/mol. The molecule has 120 valence electrons. The van der Waals surface area contributed by atoms with Gasteiger partial charge in [-0.1, -0.05) is 10.3 Å². The third-order valence-corrected chi connectivity index (χ3v) is 3.93. The lowest BCUT2D eigenvalue weighted by Crippen LogP contribution is -2.27. The molecule has 2 aromatic heterocycles. The highest BCUT2D eigenvalue weighted by Crippen LogP contribution is 2.37. The molecule has 1 aliphatic carbocycles. The molecule has 22 heavy (non-hydrogen) atoms. The predicted octanol–water partition coefficient (Wildman–Crippen LogP) is 1.94. The maximum absolute atomic E-state index is 13.2. The molecule has 0 spiro atoms. The third-order valence-electron chi connectivity index (χ3n) is 3.93. The highest BCUT2D eigenvalue weighted by Gasteiger charge is 2.35. The van der Waals surface area contributed by atoms with Gasteiger partial charge in [-0.05, 0) is 25.7 Å². The zero-order valence-corrected chi connectivity index (χ0v) is 12.1. The normalized spacial score (nSPS) is 18.7. The number of hydrogen-bond donors (Lipinski definition) is 0. The molecular weight excluding hydrogens is 298 g/mol. The van der Waals surface area contributed by atoms with Gasteiger partial charge in [-0.15, -0.1) is 0 Å². The second-order valence-electron chi connectivity index (χ2n) is 5.69. The Hall–Kier alpha value is -2.06. The molecule has 3 rings (SSSR count). The quantitative estimate of drug-likeness (QED) is 0.857. The van der Waals surface area contributed by atoms with E-state index in [2.05, 4.69) is 19.8 Å². The Labute approximate surface area is 124 Å². The van der Waals surface area contributed by atoms with Crippen LogP contribution in [0.4, 0.5) is 8.78 Å². The van der Waals surface area contributed by atoms with Crippen molar-refractivity contribution in [1.82, 2.24) is 19.9 Å². The standard InChI is InChI=1S/C13H16F2N4O3/c1-8-16-11(21-17-8)7-19-10(18-22-12(19)20)6-9-2-4-13(14,15)5-3-9/h9H,2-7H2,1H3. The molecule has 9 heteroatoms. The molecule has 0 radical (unpaired) electrons. The van der Waals surface area contributed by atoms with Crippen LogP contribution in [-0.4, -0.2) is 25.8 Å². The van der Waals surface area contributed by atoms with E-state index >= 15 is 0 Å². The summed E-state index contributed by atoms with van der Waals surface area (Å²) in [5, 5.41) is 7.40. The highest BCUT2D eigenvalue weighted by molar-refractivity contribution is 4.93. The smallest absolute Gasteiger partial charge is 0.337 e. The van der Waals surface area contributed by atoms with E-state index in [4.69, 9.17) is 4.52 Å². The van der Waals surface area contributed by atoms with Gasteiger partial charge >= 0.3 is 5.76 Å². The Morgan fingerprint density at radius 2 is 2.00 bits per heavy atom. The molecule has 0 bridgehead atoms. The summed E-state index contributed by atoms with van der Waals surface area (Å²) in [6, 6.07) is 0. The van der Waals surface area contributed by atoms with Gasteiger partial charge in [0.25, 0.3) is 0 Å². The van der Waals surface area contributed by atoms with Crippen molar-refractivity contribution in [2.45, 2.75) is 51.5 Å². The van der Waals surface area contributed by atoms with E-state index < -0.39 is 11.7 Å². The van der Waals surface area contributed by atoms with Crippen molar-refractivity contribution < 1.29 is 17.8 Å². The first kappa shape index (κ1) is 14.9. The summed E-state index contributed by atoms with van der Waals surface area (Å²) in [6.07, 6.45) is 1.00. The summed E-state index contributed by atoms with van der Waals surface area (Å²) in [6.45, 7) is 1.74. The first-order chi connectivity index (χ1) is 10.4. The fraction of sp³-hybridized carbons (Fsp3) is 0.692. The molecule has 1 aliphatic rings. The molecule has 0 unspecified atom stereocenters. The van der Waals surface area contributed by atoms with Crippen LogP contribution in [-0.2, 0) is 13.0 Å². The second-order valence-corrected chi connectivity index (χ2v) is 5.69. The van der Waals surface area contributed by atoms with Crippen molar-refractivity contribution in [3.05, 3.63) is 28.1 Å². The van der Waals surface area contributed by atoms with E-state index in [-0.39, 0.29) is 31.2 Å². The van der Waals surface area contributed by atoms with Crippen molar-refractivity contribution in [3.8, 4) is 0 Å². The summed E-state index contributed by atoms with van der Waals surface area (Å²) >= 11 is 0. The average molecular weight is 314 g/mol. The van der Waals surface area contributed by atoms with Gasteiger partial charge < -0.3 is 4.52 Å². The Bertz CT molecular complexity index is 696. The van der Waals surface area contributed by atoms with Crippen molar-refractivity contribution in [2.75, 3.05) is 0 Å². The number of aryl methyl sites for hydroxylation is 1. The van der Waals surface area contributed by atoms with E-state index in [1.165, 1.54) is 4.57 Å². The zero-order chi connectivity index (χ0) is 15.7. The zero-order valence-electron chi connectivity index (χ0n) is 12.1. The van der Waals surface area contributed by atoms with Crippen LogP contribution in [0.25, 0.3) is 0 Å². The van der Waals surface area contributed by atoms with Crippen LogP contribution in [0.3, 0.4) is 0 Å². The minimum Gasteiger partial charge on any atom is -0.337 e. The van der Waals surface area contributed by atoms with Gasteiger partial charge in [0.2, 0.25) is 11.8 Å². The van der Waals surface area contributed by atoms with Gasteiger partial charge in [-0.2, -0.15) is 4.98 Å². The molecule has 1 fully saturated rings. The number of nitrogens with zero attached hydrogens (tertiary/aromatic N) is 4. The summed E-state index contributed by atoms with van der Waals surface area (Å²) in [4.78, 5) is 15.7. The largest absolute Gasteiger partial charge is 0.442 e. The average Bonchev–Trinajstić information content (AvgIpc) is 3.02. The molecule has 0 amide bonds. The van der Waals surface area contributed by atoms with Gasteiger partial charge in [0.15, 0.2) is 11.6 Å². The Morgan fingerprint density at radius 1 is 1.27 bits per heavy atom. The van der Waals surface area contributed by atoms with Crippen LogP contribution in [0, 0.1) is 12.8 Å². The van der Waals surface area contributed by atoms with Crippen LogP contribution < -0.4 is 5.76 Å². The van der Waals surface area contributed by atoms with Gasteiger partial charge in [-0.3, -0.25) is 9.09 Å². The van der Waals surface area contributed by atoms with E-state index in [0.717, 1.165) is 0 Å². The molecule has 0 aromatic carbocycles. The van der Waals surface area contributed by atoms with Crippen LogP contribution in [0.15, 0.2) is 13.8 Å². The van der Waals surface area contributed by atoms with Gasteiger partial charge in [-0.25, -0.2) is 13.6 Å². The van der Waals surface area contributed by atoms with E-state index in [1.807, 2.05) is 0 Å². The maximum atomic E-state index is 13.2. The second kappa shape index (κ2) is 5.62. The third kappa shape index (κ3) is 3.23. The first-order valence-corrected chi connectivity index (χ1v) is 7.15. The van der Waals surface area contributed by atoms with Crippen molar-refractivity contribution in [1.29, 1.82) is 0 Å². The molecule has 0 aliphatic heterocycles. The molecular formula is C13H16F2N4O3. The van der Waals surface area contributed by atoms with Crippen LogP contribution >= 0.6 is 0 Å². The van der Waals surface area contributed by atoms with Crippen molar-refractivity contribution in [2.24, 2.45) is 5.92 Å². The SMILES string of the molecule is Cc1noc(Cn2c(CC3CCC(F)(F)CC3)noc2=O)n1. The molecule has 2 aromatic rings. The van der Waals surface area contributed by atoms with Gasteiger partial charge in [0.1, 0.15) is 6.54 Å². The van der Waals surface area contributed by atoms with Gasteiger partial charge in [0.05, 0.1) is 0 Å². The van der Waals surface area contributed by atoms with E-state index in [0.29, 0.717) is 30.9 Å². The monoisotopic (exact) mass is 314 g/mol. The number of rotatable bonds is 4. The van der Waals surface area contributed by atoms with Crippen LogP contribution in [0.2, 0.25) is 0 Å². The molecule has 0 N–H and O–H groups in total. The van der Waals surface area contributed by atoms with Crippen LogP contribution in [0.1, 0.15) is 43.2 Å². The lowest BCUT2D eigenvalue weighted by atomic mass is 9.84. The fourth-order valence-corrected chi connectivity index (χ4v) is 2.70. The van der Waals surface area contributed by atoms with Gasteiger partial charge in [0, 0.05) is 19.3 Å². The number of hydrogen-bond acceptors (Lipinski definition) is 6. The van der Waals surface area contributed by atoms with E-state index in [1.54, 1.807) is 6.92 Å². The van der Waals surface area contributed by atoms with Crippen molar-refractivity contribution in [3.63, 3.8) is 0 Å². The number of alkyl halides is 2. The summed E-state index contributed by atoms with van der Waals surface area (Å²) in [5.41, 5.74) is 0. The topological polar surface area (TPSA) is 87.0 Å². The lowest BCUT2D eigenvalue weighted by Gasteiger charge is -2.27. The minimum absolute atomic E-state index is 0.0693. The highest BCUT2D eigenvalue weighted by atomic mass is 19.3. The minimum atomic E-state index is -2.57. The molecule has 1 saturated carbocycles. The summed E-state index contributed by atoms with van der Waals surface area (Å²) in [5.74, 6) is -1.95. The van der Waals surface area contributed by atoms with Crippen LogP contribution in [0.5, 0.6) is 0 Å². The Morgan fingerprint density at radius 3 is 2.64 bits per heavy atom. The molecule has 7 nitrogen and oxygen atoms in total. The Kier molecular flexibility index (Phi) is 3.79. The number of halogens is 2. The molecule has 2 heterocycles. The maximum Gasteiger partial charge on any atom is 0.442 e. The van der Waals surface area contributed by atoms with E-state index in [9.17, 15) is 13.6 Å².